The second-order valence-corrected chi connectivity index (χ2v) is 4.25. The van der Waals surface area contributed by atoms with E-state index in [0.717, 1.165) is 11.3 Å². The van der Waals surface area contributed by atoms with Crippen molar-refractivity contribution in [3.05, 3.63) is 35.4 Å². The van der Waals surface area contributed by atoms with E-state index >= 15 is 0 Å². The van der Waals surface area contributed by atoms with Gasteiger partial charge >= 0.3 is 0 Å². The zero-order valence-electron chi connectivity index (χ0n) is 10.2. The molecule has 0 N–H and O–H groups in total. The Kier molecular flexibility index (Phi) is 5.41. The summed E-state index contributed by atoms with van der Waals surface area (Å²) in [6, 6.07) is 8.04. The number of allylic oxidation sites excluding steroid dienone is 1. The molecule has 0 bridgehead atoms. The zero-order valence-corrected chi connectivity index (χ0v) is 10.9. The Balaban J connectivity index is 3.02. The predicted molar refractivity (Wildman–Crippen MR) is 71.1 cm³/mol. The largest absolute Gasteiger partial charge is 0.493 e. The van der Waals surface area contributed by atoms with Crippen molar-refractivity contribution in [2.24, 2.45) is 5.92 Å². The van der Waals surface area contributed by atoms with Crippen LogP contribution in [-0.2, 0) is 0 Å². The van der Waals surface area contributed by atoms with Crippen LogP contribution in [0.1, 0.15) is 26.3 Å². The standard InChI is InChI=1S/C14H19ClO/c1-4-16-14-8-6-5-7-12(14)9-13(10-15)11(2)3/h5-9,11H,4,10H2,1-3H3. The Morgan fingerprint density at radius 2 is 2.06 bits per heavy atom. The van der Waals surface area contributed by atoms with Crippen molar-refractivity contribution in [2.45, 2.75) is 20.8 Å². The first-order valence-electron chi connectivity index (χ1n) is 5.67. The van der Waals surface area contributed by atoms with Gasteiger partial charge < -0.3 is 4.74 Å². The van der Waals surface area contributed by atoms with Crippen molar-refractivity contribution >= 4 is 17.7 Å². The first-order valence-corrected chi connectivity index (χ1v) is 6.20. The van der Waals surface area contributed by atoms with Crippen molar-refractivity contribution in [3.8, 4) is 5.75 Å². The molecule has 0 saturated carbocycles. The fraction of sp³-hybridized carbons (Fsp3) is 0.429. The van der Waals surface area contributed by atoms with Crippen molar-refractivity contribution in [3.63, 3.8) is 0 Å². The van der Waals surface area contributed by atoms with Gasteiger partial charge in [0.2, 0.25) is 0 Å². The molecule has 16 heavy (non-hydrogen) atoms. The van der Waals surface area contributed by atoms with Gasteiger partial charge in [0, 0.05) is 11.4 Å². The molecule has 1 nitrogen and oxygen atoms in total. The van der Waals surface area contributed by atoms with Gasteiger partial charge in [-0.05, 0) is 18.9 Å². The number of halogens is 1. The second-order valence-electron chi connectivity index (χ2n) is 3.98. The van der Waals surface area contributed by atoms with E-state index in [1.165, 1.54) is 5.57 Å². The molecule has 0 aliphatic rings. The molecule has 0 atom stereocenters. The van der Waals surface area contributed by atoms with E-state index in [0.29, 0.717) is 18.4 Å². The lowest BCUT2D eigenvalue weighted by Gasteiger charge is -2.11. The van der Waals surface area contributed by atoms with Crippen LogP contribution in [0.5, 0.6) is 5.75 Å². The average molecular weight is 239 g/mol. The number of alkyl halides is 1. The van der Waals surface area contributed by atoms with E-state index in [1.54, 1.807) is 0 Å². The monoisotopic (exact) mass is 238 g/mol. The highest BCUT2D eigenvalue weighted by Gasteiger charge is 2.04. The molecule has 0 aliphatic carbocycles. The third-order valence-corrected chi connectivity index (χ3v) is 2.76. The Morgan fingerprint density at radius 1 is 1.38 bits per heavy atom. The molecule has 0 heterocycles. The lowest BCUT2D eigenvalue weighted by atomic mass is 10.0. The van der Waals surface area contributed by atoms with Crippen LogP contribution in [0.4, 0.5) is 0 Å². The van der Waals surface area contributed by atoms with Crippen molar-refractivity contribution in [2.75, 3.05) is 12.5 Å². The summed E-state index contributed by atoms with van der Waals surface area (Å²) in [7, 11) is 0. The maximum absolute atomic E-state index is 5.93. The van der Waals surface area contributed by atoms with Gasteiger partial charge in [0.25, 0.3) is 0 Å². The lowest BCUT2D eigenvalue weighted by Crippen LogP contribution is -1.97. The molecule has 0 unspecified atom stereocenters. The van der Waals surface area contributed by atoms with Crippen LogP contribution in [-0.4, -0.2) is 12.5 Å². The summed E-state index contributed by atoms with van der Waals surface area (Å²) in [5.41, 5.74) is 2.34. The van der Waals surface area contributed by atoms with Gasteiger partial charge in [-0.15, -0.1) is 11.6 Å². The molecule has 1 aromatic carbocycles. The molecular formula is C14H19ClO. The van der Waals surface area contributed by atoms with E-state index < -0.39 is 0 Å². The quantitative estimate of drug-likeness (QED) is 0.693. The average Bonchev–Trinajstić information content (AvgIpc) is 2.27. The van der Waals surface area contributed by atoms with Crippen LogP contribution in [0, 0.1) is 5.92 Å². The summed E-state index contributed by atoms with van der Waals surface area (Å²) in [5.74, 6) is 1.96. The number of hydrogen-bond acceptors (Lipinski definition) is 1. The highest BCUT2D eigenvalue weighted by atomic mass is 35.5. The third kappa shape index (κ3) is 3.57. The molecule has 0 fully saturated rings. The first kappa shape index (κ1) is 13.1. The Labute approximate surface area is 103 Å². The van der Waals surface area contributed by atoms with Crippen LogP contribution in [0.2, 0.25) is 0 Å². The minimum Gasteiger partial charge on any atom is -0.493 e. The zero-order chi connectivity index (χ0) is 12.0. The predicted octanol–water partition coefficient (Wildman–Crippen LogP) is 4.36. The minimum atomic E-state index is 0.465. The van der Waals surface area contributed by atoms with E-state index in [4.69, 9.17) is 16.3 Å². The van der Waals surface area contributed by atoms with Gasteiger partial charge in [0.1, 0.15) is 5.75 Å². The van der Waals surface area contributed by atoms with Gasteiger partial charge in [0.15, 0.2) is 0 Å². The lowest BCUT2D eigenvalue weighted by molar-refractivity contribution is 0.339. The van der Waals surface area contributed by atoms with E-state index in [2.05, 4.69) is 26.0 Å². The van der Waals surface area contributed by atoms with Crippen LogP contribution in [0.15, 0.2) is 29.8 Å². The fourth-order valence-electron chi connectivity index (χ4n) is 1.45. The molecule has 0 aromatic heterocycles. The number of ether oxygens (including phenoxy) is 1. The maximum atomic E-state index is 5.93. The summed E-state index contributed by atoms with van der Waals surface area (Å²) in [6.45, 7) is 6.98. The summed E-state index contributed by atoms with van der Waals surface area (Å²) < 4.78 is 5.57. The van der Waals surface area contributed by atoms with E-state index in [-0.39, 0.29) is 0 Å². The summed E-state index contributed by atoms with van der Waals surface area (Å²) in [4.78, 5) is 0. The van der Waals surface area contributed by atoms with Gasteiger partial charge in [-0.25, -0.2) is 0 Å². The number of hydrogen-bond donors (Lipinski definition) is 0. The molecular weight excluding hydrogens is 220 g/mol. The molecule has 1 aromatic rings. The molecule has 0 saturated heterocycles. The normalized spacial score (nSPS) is 11.9. The van der Waals surface area contributed by atoms with Crippen molar-refractivity contribution < 1.29 is 4.74 Å². The Morgan fingerprint density at radius 3 is 2.62 bits per heavy atom. The highest BCUT2D eigenvalue weighted by Crippen LogP contribution is 2.23. The van der Waals surface area contributed by atoms with Crippen LogP contribution in [0.3, 0.4) is 0 Å². The molecule has 0 aliphatic heterocycles. The number of para-hydroxylation sites is 1. The maximum Gasteiger partial charge on any atom is 0.126 e. The first-order chi connectivity index (χ1) is 7.69. The van der Waals surface area contributed by atoms with Gasteiger partial charge in [0.05, 0.1) is 6.61 Å². The van der Waals surface area contributed by atoms with E-state index in [1.807, 2.05) is 25.1 Å². The highest BCUT2D eigenvalue weighted by molar-refractivity contribution is 6.19. The molecule has 1 rings (SSSR count). The van der Waals surface area contributed by atoms with E-state index in [9.17, 15) is 0 Å². The molecule has 0 spiro atoms. The third-order valence-electron chi connectivity index (χ3n) is 2.46. The van der Waals surface area contributed by atoms with Crippen LogP contribution >= 0.6 is 11.6 Å². The Hall–Kier alpha value is -0.950. The van der Waals surface area contributed by atoms with Gasteiger partial charge in [-0.3, -0.25) is 0 Å². The fourth-order valence-corrected chi connectivity index (χ4v) is 1.83. The molecule has 0 radical (unpaired) electrons. The molecule has 88 valence electrons. The smallest absolute Gasteiger partial charge is 0.126 e. The Bertz CT molecular complexity index is 356. The second kappa shape index (κ2) is 6.59. The van der Waals surface area contributed by atoms with Crippen molar-refractivity contribution in [1.82, 2.24) is 0 Å². The van der Waals surface area contributed by atoms with Crippen LogP contribution in [0.25, 0.3) is 6.08 Å². The SMILES string of the molecule is CCOc1ccccc1C=C(CCl)C(C)C. The van der Waals surface area contributed by atoms with Crippen molar-refractivity contribution in [1.29, 1.82) is 0 Å². The van der Waals surface area contributed by atoms with Gasteiger partial charge in [-0.1, -0.05) is 43.7 Å². The number of benzene rings is 1. The van der Waals surface area contributed by atoms with Crippen LogP contribution < -0.4 is 4.74 Å². The number of rotatable bonds is 5. The topological polar surface area (TPSA) is 9.23 Å². The summed E-state index contributed by atoms with van der Waals surface area (Å²) in [5, 5.41) is 0. The molecule has 2 heteroatoms. The molecule has 0 amide bonds. The summed E-state index contributed by atoms with van der Waals surface area (Å²) >= 11 is 5.93. The minimum absolute atomic E-state index is 0.465. The summed E-state index contributed by atoms with van der Waals surface area (Å²) in [6.07, 6.45) is 2.13. The van der Waals surface area contributed by atoms with Gasteiger partial charge in [-0.2, -0.15) is 0 Å².